The van der Waals surface area contributed by atoms with Gasteiger partial charge in [0.2, 0.25) is 0 Å². The second kappa shape index (κ2) is 10.1. The molecule has 0 unspecified atom stereocenters. The van der Waals surface area contributed by atoms with Crippen LogP contribution in [0.25, 0.3) is 0 Å². The second-order valence-corrected chi connectivity index (χ2v) is 8.36. The highest BCUT2D eigenvalue weighted by Crippen LogP contribution is 2.38. The Morgan fingerprint density at radius 1 is 0.919 bits per heavy atom. The minimum Gasteiger partial charge on any atom is -0.423 e. The number of nitrogens with one attached hydrogen (secondary N) is 1. The lowest BCUT2D eigenvalue weighted by Crippen LogP contribution is -2.32. The monoisotopic (exact) mass is 548 g/mol. The number of halogens is 5. The van der Waals surface area contributed by atoms with Crippen LogP contribution >= 0.6 is 23.2 Å². The van der Waals surface area contributed by atoms with E-state index in [-0.39, 0.29) is 27.7 Å². The van der Waals surface area contributed by atoms with Gasteiger partial charge in [-0.3, -0.25) is 14.4 Å². The van der Waals surface area contributed by atoms with E-state index in [2.05, 4.69) is 5.32 Å². The second-order valence-electron chi connectivity index (χ2n) is 7.58. The summed E-state index contributed by atoms with van der Waals surface area (Å²) in [6, 6.07) is 13.7. The van der Waals surface area contributed by atoms with Crippen LogP contribution in [0.2, 0.25) is 5.02 Å². The first kappa shape index (κ1) is 25.9. The lowest BCUT2D eigenvalue weighted by molar-refractivity contribution is -0.137. The van der Waals surface area contributed by atoms with Crippen molar-refractivity contribution in [3.8, 4) is 5.75 Å². The number of aldehydes is 1. The van der Waals surface area contributed by atoms with Gasteiger partial charge < -0.3 is 10.1 Å². The summed E-state index contributed by atoms with van der Waals surface area (Å²) in [5.74, 6) is -2.55. The van der Waals surface area contributed by atoms with Crippen LogP contribution in [0.3, 0.4) is 0 Å². The van der Waals surface area contributed by atoms with Gasteiger partial charge in [-0.25, -0.2) is 9.69 Å². The number of carbonyl (C=O) groups excluding carboxylic acids is 4. The van der Waals surface area contributed by atoms with Crippen LogP contribution in [-0.2, 0) is 15.8 Å². The molecule has 1 aliphatic heterocycles. The predicted octanol–water partition coefficient (Wildman–Crippen LogP) is 5.83. The molecule has 0 aliphatic carbocycles. The lowest BCUT2D eigenvalue weighted by Gasteiger charge is -2.18. The third-order valence-electron chi connectivity index (χ3n) is 5.16. The molecule has 7 nitrogen and oxygen atoms in total. The number of esters is 1. The highest BCUT2D eigenvalue weighted by molar-refractivity contribution is 6.53. The van der Waals surface area contributed by atoms with Crippen molar-refractivity contribution in [2.24, 2.45) is 0 Å². The van der Waals surface area contributed by atoms with Gasteiger partial charge in [0.1, 0.15) is 22.8 Å². The topological polar surface area (TPSA) is 92.8 Å². The summed E-state index contributed by atoms with van der Waals surface area (Å²) in [6.07, 6.45) is -4.08. The van der Waals surface area contributed by atoms with Gasteiger partial charge in [-0.05, 0) is 66.7 Å². The van der Waals surface area contributed by atoms with Gasteiger partial charge in [0, 0.05) is 11.3 Å². The number of benzene rings is 3. The molecule has 188 valence electrons. The summed E-state index contributed by atoms with van der Waals surface area (Å²) in [4.78, 5) is 49.1. The van der Waals surface area contributed by atoms with Gasteiger partial charge in [0.05, 0.1) is 21.8 Å². The van der Waals surface area contributed by atoms with Gasteiger partial charge >= 0.3 is 12.1 Å². The maximum Gasteiger partial charge on any atom is 0.416 e. The molecule has 0 radical (unpaired) electrons. The van der Waals surface area contributed by atoms with Crippen LogP contribution in [-0.4, -0.2) is 24.1 Å². The molecule has 0 aromatic heterocycles. The Hall–Kier alpha value is -4.15. The van der Waals surface area contributed by atoms with Crippen LogP contribution in [0.15, 0.2) is 77.5 Å². The molecule has 0 saturated heterocycles. The first-order valence-corrected chi connectivity index (χ1v) is 11.0. The molecule has 3 aromatic rings. The number of nitrogens with zero attached hydrogens (tertiary/aromatic N) is 1. The Kier molecular flexibility index (Phi) is 7.06. The molecule has 0 atom stereocenters. The molecule has 3 aromatic carbocycles. The van der Waals surface area contributed by atoms with Crippen molar-refractivity contribution >= 4 is 58.6 Å². The molecule has 4 rings (SSSR count). The zero-order valence-electron chi connectivity index (χ0n) is 18.3. The largest absolute Gasteiger partial charge is 0.423 e. The van der Waals surface area contributed by atoms with Crippen molar-refractivity contribution in [1.29, 1.82) is 0 Å². The minimum atomic E-state index is -4.73. The number of hydrogen-bond acceptors (Lipinski definition) is 6. The van der Waals surface area contributed by atoms with Crippen molar-refractivity contribution < 1.29 is 37.1 Å². The third-order valence-corrected chi connectivity index (χ3v) is 5.83. The van der Waals surface area contributed by atoms with E-state index in [4.69, 9.17) is 27.9 Å². The van der Waals surface area contributed by atoms with E-state index in [0.29, 0.717) is 22.8 Å². The Balaban J connectivity index is 1.50. The van der Waals surface area contributed by atoms with Crippen LogP contribution in [0, 0.1) is 0 Å². The minimum absolute atomic E-state index is 0.149. The maximum atomic E-state index is 13.1. The van der Waals surface area contributed by atoms with Crippen molar-refractivity contribution in [1.82, 2.24) is 0 Å². The van der Waals surface area contributed by atoms with Crippen molar-refractivity contribution in [3.05, 3.63) is 99.2 Å². The lowest BCUT2D eigenvalue weighted by atomic mass is 10.1. The number of alkyl halides is 3. The molecule has 1 heterocycles. The summed E-state index contributed by atoms with van der Waals surface area (Å²) < 4.78 is 44.6. The normalized spacial score (nSPS) is 13.7. The smallest absolute Gasteiger partial charge is 0.416 e. The van der Waals surface area contributed by atoms with E-state index in [1.54, 1.807) is 0 Å². The molecule has 0 saturated carbocycles. The van der Waals surface area contributed by atoms with Crippen molar-refractivity contribution in [3.63, 3.8) is 0 Å². The average molecular weight is 549 g/mol. The van der Waals surface area contributed by atoms with E-state index < -0.39 is 40.2 Å². The van der Waals surface area contributed by atoms with E-state index >= 15 is 0 Å². The summed E-state index contributed by atoms with van der Waals surface area (Å²) in [5, 5.41) is 1.83. The zero-order valence-corrected chi connectivity index (χ0v) is 19.8. The summed E-state index contributed by atoms with van der Waals surface area (Å²) in [5.41, 5.74) is -1.15. The van der Waals surface area contributed by atoms with Crippen LogP contribution in [0.1, 0.15) is 26.3 Å². The molecular formula is C25H13Cl2F3N2O5. The van der Waals surface area contributed by atoms with Crippen LogP contribution in [0.5, 0.6) is 5.75 Å². The van der Waals surface area contributed by atoms with Crippen LogP contribution < -0.4 is 15.0 Å². The third kappa shape index (κ3) is 5.35. The number of amides is 2. The molecule has 12 heteroatoms. The molecular weight excluding hydrogens is 536 g/mol. The maximum absolute atomic E-state index is 13.1. The van der Waals surface area contributed by atoms with E-state index in [0.717, 1.165) is 12.1 Å². The van der Waals surface area contributed by atoms with Crippen LogP contribution in [0.4, 0.5) is 24.5 Å². The summed E-state index contributed by atoms with van der Waals surface area (Å²) >= 11 is 12.0. The molecule has 37 heavy (non-hydrogen) atoms. The molecule has 2 amide bonds. The molecule has 1 N–H and O–H groups in total. The Labute approximate surface area is 217 Å². The van der Waals surface area contributed by atoms with Crippen molar-refractivity contribution in [2.45, 2.75) is 6.18 Å². The number of imide groups is 1. The predicted molar refractivity (Wildman–Crippen MR) is 129 cm³/mol. The molecule has 1 aliphatic rings. The number of rotatable bonds is 6. The summed E-state index contributed by atoms with van der Waals surface area (Å²) in [6.45, 7) is 0. The SMILES string of the molecule is O=Cc1ccc(OC(=O)c2ccc(NC3=C(Cl)C(=O)N(c4cc(C(F)(F)F)ccc4Cl)C3=O)cc2)cc1. The standard InChI is InChI=1S/C25H13Cl2F3N2O5/c26-18-10-5-15(25(28,29)30)11-19(18)32-22(34)20(27)21(23(32)35)31-16-6-3-14(4-7-16)24(36)37-17-8-1-13(12-33)2-9-17/h1-12,31H. The first-order valence-electron chi connectivity index (χ1n) is 10.3. The molecule has 0 bridgehead atoms. The van der Waals surface area contributed by atoms with Gasteiger partial charge in [0.25, 0.3) is 11.8 Å². The quantitative estimate of drug-likeness (QED) is 0.180. The Morgan fingerprint density at radius 3 is 2.16 bits per heavy atom. The van der Waals surface area contributed by atoms with Gasteiger partial charge in [-0.1, -0.05) is 23.2 Å². The van der Waals surface area contributed by atoms with Gasteiger partial charge in [0.15, 0.2) is 0 Å². The first-order chi connectivity index (χ1) is 17.5. The Bertz CT molecular complexity index is 1450. The van der Waals surface area contributed by atoms with E-state index in [1.807, 2.05) is 0 Å². The highest BCUT2D eigenvalue weighted by atomic mass is 35.5. The fourth-order valence-corrected chi connectivity index (χ4v) is 3.72. The van der Waals surface area contributed by atoms with Crippen molar-refractivity contribution in [2.75, 3.05) is 10.2 Å². The number of anilines is 2. The highest BCUT2D eigenvalue weighted by Gasteiger charge is 2.41. The summed E-state index contributed by atoms with van der Waals surface area (Å²) in [7, 11) is 0. The molecule has 0 spiro atoms. The van der Waals surface area contributed by atoms with E-state index in [9.17, 15) is 32.3 Å². The Morgan fingerprint density at radius 2 is 1.57 bits per heavy atom. The van der Waals surface area contributed by atoms with Gasteiger partial charge in [-0.2, -0.15) is 13.2 Å². The fourth-order valence-electron chi connectivity index (χ4n) is 3.30. The molecule has 0 fully saturated rings. The fraction of sp³-hybridized carbons (Fsp3) is 0.0400. The zero-order chi connectivity index (χ0) is 26.9. The number of ether oxygens (including phenoxy) is 1. The number of hydrogen-bond donors (Lipinski definition) is 1. The number of carbonyl (C=O) groups is 4. The van der Waals surface area contributed by atoms with E-state index in [1.165, 1.54) is 48.5 Å². The average Bonchev–Trinajstić information content (AvgIpc) is 3.07. The van der Waals surface area contributed by atoms with Gasteiger partial charge in [-0.15, -0.1) is 0 Å².